The largest absolute Gasteiger partial charge is 0.464 e. The van der Waals surface area contributed by atoms with Crippen LogP contribution in [-0.4, -0.2) is 28.8 Å². The Hall–Kier alpha value is -2.28. The number of carbonyl (C=O) groups is 2. The Morgan fingerprint density at radius 3 is 2.63 bits per heavy atom. The van der Waals surface area contributed by atoms with Crippen molar-refractivity contribution in [1.82, 2.24) is 0 Å². The molecule has 0 amide bonds. The van der Waals surface area contributed by atoms with Crippen molar-refractivity contribution in [3.05, 3.63) is 39.9 Å². The van der Waals surface area contributed by atoms with Crippen LogP contribution < -0.4 is 5.73 Å². The van der Waals surface area contributed by atoms with E-state index in [-0.39, 0.29) is 17.9 Å². The molecule has 0 aliphatic carbocycles. The zero-order chi connectivity index (χ0) is 14.6. The number of hydrogen-bond acceptors (Lipinski definition) is 6. The molecule has 0 fully saturated rings. The molecule has 0 radical (unpaired) electrons. The van der Waals surface area contributed by atoms with Gasteiger partial charge in [-0.15, -0.1) is 0 Å². The lowest BCUT2D eigenvalue weighted by atomic mass is 9.92. The van der Waals surface area contributed by atoms with Gasteiger partial charge in [-0.25, -0.2) is 4.79 Å². The summed E-state index contributed by atoms with van der Waals surface area (Å²) >= 11 is 0. The average molecular weight is 266 g/mol. The van der Waals surface area contributed by atoms with E-state index in [9.17, 15) is 19.7 Å². The van der Waals surface area contributed by atoms with Crippen molar-refractivity contribution in [3.8, 4) is 0 Å². The first-order valence-electron chi connectivity index (χ1n) is 5.56. The molecule has 7 heteroatoms. The highest BCUT2D eigenvalue weighted by Gasteiger charge is 2.39. The van der Waals surface area contributed by atoms with E-state index in [1.54, 1.807) is 6.92 Å². The van der Waals surface area contributed by atoms with Gasteiger partial charge < -0.3 is 10.5 Å². The molecule has 102 valence electrons. The van der Waals surface area contributed by atoms with Crippen LogP contribution in [-0.2, 0) is 9.53 Å². The number of carbonyl (C=O) groups excluding carboxylic acids is 2. The first-order valence-corrected chi connectivity index (χ1v) is 5.56. The van der Waals surface area contributed by atoms with Gasteiger partial charge in [-0.05, 0) is 13.8 Å². The third kappa shape index (κ3) is 3.14. The molecule has 1 unspecified atom stereocenters. The van der Waals surface area contributed by atoms with E-state index in [2.05, 4.69) is 0 Å². The van der Waals surface area contributed by atoms with E-state index < -0.39 is 22.2 Å². The number of non-ortho nitro benzene ring substituents is 1. The number of nitrogens with zero attached hydrogens (tertiary/aromatic N) is 1. The molecular weight excluding hydrogens is 252 g/mol. The number of nitro groups is 1. The van der Waals surface area contributed by atoms with Crippen molar-refractivity contribution in [2.75, 3.05) is 6.61 Å². The summed E-state index contributed by atoms with van der Waals surface area (Å²) in [5.74, 6) is -1.60. The number of esters is 1. The van der Waals surface area contributed by atoms with Crippen LogP contribution in [0, 0.1) is 10.1 Å². The highest BCUT2D eigenvalue weighted by atomic mass is 16.6. The Morgan fingerprint density at radius 2 is 2.11 bits per heavy atom. The summed E-state index contributed by atoms with van der Waals surface area (Å²) in [6.45, 7) is 2.89. The summed E-state index contributed by atoms with van der Waals surface area (Å²) in [5, 5.41) is 10.6. The molecule has 1 rings (SSSR count). The fourth-order valence-electron chi connectivity index (χ4n) is 1.43. The molecule has 7 nitrogen and oxygen atoms in total. The molecule has 2 N–H and O–H groups in total. The first kappa shape index (κ1) is 14.8. The molecule has 1 aromatic carbocycles. The lowest BCUT2D eigenvalue weighted by Gasteiger charge is -2.20. The second kappa shape index (κ2) is 5.57. The Kier molecular flexibility index (Phi) is 4.34. The van der Waals surface area contributed by atoms with Gasteiger partial charge in [0.1, 0.15) is 0 Å². The van der Waals surface area contributed by atoms with Crippen LogP contribution in [0.25, 0.3) is 0 Å². The number of ketones is 1. The van der Waals surface area contributed by atoms with E-state index in [4.69, 9.17) is 10.5 Å². The summed E-state index contributed by atoms with van der Waals surface area (Å²) < 4.78 is 4.71. The van der Waals surface area contributed by atoms with Gasteiger partial charge in [0.15, 0.2) is 11.3 Å². The quantitative estimate of drug-likeness (QED) is 0.280. The number of hydrogen-bond donors (Lipinski definition) is 1. The van der Waals surface area contributed by atoms with E-state index in [1.807, 2.05) is 0 Å². The van der Waals surface area contributed by atoms with Crippen LogP contribution in [0.4, 0.5) is 5.69 Å². The van der Waals surface area contributed by atoms with Crippen molar-refractivity contribution in [3.63, 3.8) is 0 Å². The van der Waals surface area contributed by atoms with Crippen molar-refractivity contribution < 1.29 is 19.2 Å². The molecular formula is C12H14N2O5. The maximum atomic E-state index is 12.1. The number of ether oxygens (including phenoxy) is 1. The fraction of sp³-hybridized carbons (Fsp3) is 0.333. The van der Waals surface area contributed by atoms with Crippen molar-refractivity contribution >= 4 is 17.4 Å². The summed E-state index contributed by atoms with van der Waals surface area (Å²) in [7, 11) is 0. The third-order valence-electron chi connectivity index (χ3n) is 2.49. The van der Waals surface area contributed by atoms with E-state index in [0.717, 1.165) is 6.07 Å². The SMILES string of the molecule is CCOC(=O)C(C)(N)C(=O)c1cccc([N+](=O)[O-])c1. The van der Waals surface area contributed by atoms with Crippen molar-refractivity contribution in [2.24, 2.45) is 5.73 Å². The summed E-state index contributed by atoms with van der Waals surface area (Å²) in [4.78, 5) is 33.7. The zero-order valence-corrected chi connectivity index (χ0v) is 10.6. The number of benzene rings is 1. The molecule has 1 atom stereocenters. The Balaban J connectivity index is 3.09. The molecule has 0 aliphatic rings. The van der Waals surface area contributed by atoms with Crippen LogP contribution in [0.5, 0.6) is 0 Å². The van der Waals surface area contributed by atoms with Gasteiger partial charge in [-0.2, -0.15) is 0 Å². The number of rotatable bonds is 5. The first-order chi connectivity index (χ1) is 8.80. The third-order valence-corrected chi connectivity index (χ3v) is 2.49. The predicted molar refractivity (Wildman–Crippen MR) is 66.7 cm³/mol. The minimum Gasteiger partial charge on any atom is -0.464 e. The molecule has 0 heterocycles. The zero-order valence-electron chi connectivity index (χ0n) is 10.6. The molecule has 0 saturated carbocycles. The Bertz CT molecular complexity index is 525. The Morgan fingerprint density at radius 1 is 1.47 bits per heavy atom. The summed E-state index contributed by atoms with van der Waals surface area (Å²) in [6.07, 6.45) is 0. The molecule has 0 spiro atoms. The van der Waals surface area contributed by atoms with Crippen LogP contribution in [0.1, 0.15) is 24.2 Å². The molecule has 1 aromatic rings. The normalized spacial score (nSPS) is 13.4. The molecule has 0 aromatic heterocycles. The van der Waals surface area contributed by atoms with Crippen LogP contribution in [0.2, 0.25) is 0 Å². The summed E-state index contributed by atoms with van der Waals surface area (Å²) in [6, 6.07) is 5.04. The van der Waals surface area contributed by atoms with Gasteiger partial charge in [-0.1, -0.05) is 12.1 Å². The number of nitro benzene ring substituents is 1. The smallest absolute Gasteiger partial charge is 0.333 e. The van der Waals surface area contributed by atoms with E-state index in [1.165, 1.54) is 25.1 Å². The van der Waals surface area contributed by atoms with Gasteiger partial charge in [0.25, 0.3) is 5.69 Å². The molecule has 0 bridgehead atoms. The average Bonchev–Trinajstić information content (AvgIpc) is 2.38. The van der Waals surface area contributed by atoms with E-state index >= 15 is 0 Å². The highest BCUT2D eigenvalue weighted by molar-refractivity contribution is 6.16. The second-order valence-electron chi connectivity index (χ2n) is 4.06. The van der Waals surface area contributed by atoms with Crippen LogP contribution in [0.15, 0.2) is 24.3 Å². The maximum absolute atomic E-state index is 12.1. The number of Topliss-reactive ketones (excluding diaryl/α,β-unsaturated/α-hetero) is 1. The maximum Gasteiger partial charge on any atom is 0.333 e. The van der Waals surface area contributed by atoms with Crippen LogP contribution in [0.3, 0.4) is 0 Å². The Labute approximate surface area is 109 Å². The van der Waals surface area contributed by atoms with E-state index in [0.29, 0.717) is 0 Å². The van der Waals surface area contributed by atoms with Gasteiger partial charge in [0, 0.05) is 17.7 Å². The van der Waals surface area contributed by atoms with Gasteiger partial charge >= 0.3 is 5.97 Å². The predicted octanol–water partition coefficient (Wildman–Crippen LogP) is 1.06. The van der Waals surface area contributed by atoms with Crippen molar-refractivity contribution in [2.45, 2.75) is 19.4 Å². The fourth-order valence-corrected chi connectivity index (χ4v) is 1.43. The van der Waals surface area contributed by atoms with Crippen LogP contribution >= 0.6 is 0 Å². The lowest BCUT2D eigenvalue weighted by molar-refractivity contribution is -0.384. The summed E-state index contributed by atoms with van der Waals surface area (Å²) in [5.41, 5.74) is 3.53. The van der Waals surface area contributed by atoms with Gasteiger partial charge in [0.2, 0.25) is 0 Å². The highest BCUT2D eigenvalue weighted by Crippen LogP contribution is 2.18. The molecule has 19 heavy (non-hydrogen) atoms. The topological polar surface area (TPSA) is 113 Å². The molecule has 0 saturated heterocycles. The monoisotopic (exact) mass is 266 g/mol. The van der Waals surface area contributed by atoms with Gasteiger partial charge in [-0.3, -0.25) is 14.9 Å². The second-order valence-corrected chi connectivity index (χ2v) is 4.06. The lowest BCUT2D eigenvalue weighted by Crippen LogP contribution is -2.53. The standard InChI is InChI=1S/C12H14N2O5/c1-3-19-11(16)12(2,13)10(15)8-5-4-6-9(7-8)14(17)18/h4-7H,3,13H2,1-2H3. The number of nitrogens with two attached hydrogens (primary N) is 1. The van der Waals surface area contributed by atoms with Gasteiger partial charge in [0.05, 0.1) is 11.5 Å². The molecule has 0 aliphatic heterocycles. The minimum absolute atomic E-state index is 0.00717. The van der Waals surface area contributed by atoms with Crippen molar-refractivity contribution in [1.29, 1.82) is 0 Å². The minimum atomic E-state index is -1.87.